The quantitative estimate of drug-likeness (QED) is 0.674. The van der Waals surface area contributed by atoms with Crippen LogP contribution in [0.1, 0.15) is 33.2 Å². The van der Waals surface area contributed by atoms with Gasteiger partial charge in [0.05, 0.1) is 11.1 Å². The fourth-order valence-corrected chi connectivity index (χ4v) is 2.85. The van der Waals surface area contributed by atoms with Gasteiger partial charge < -0.3 is 15.4 Å². The van der Waals surface area contributed by atoms with Crippen LogP contribution in [0.15, 0.2) is 54.7 Å². The van der Waals surface area contributed by atoms with Crippen molar-refractivity contribution < 1.29 is 14.7 Å². The lowest BCUT2D eigenvalue weighted by molar-refractivity contribution is 0.0690. The molecule has 1 unspecified atom stereocenters. The average molecular weight is 322 g/mol. The number of carboxylic acids is 1. The standard InChI is InChI=1S/C19H18N2O3/c1-12(10-13-11-20-17-9-5-4-6-14(13)17)21-18(22)15-7-2-3-8-16(15)19(23)24/h2-9,11-12,20H,10H2,1H3,(H,21,22)(H,23,24). The number of aromatic amines is 1. The maximum absolute atomic E-state index is 12.4. The van der Waals surface area contributed by atoms with Crippen LogP contribution in [0.25, 0.3) is 10.9 Å². The van der Waals surface area contributed by atoms with Crippen LogP contribution in [0.4, 0.5) is 0 Å². The molecular formula is C19H18N2O3. The lowest BCUT2D eigenvalue weighted by atomic mass is 10.0. The summed E-state index contributed by atoms with van der Waals surface area (Å²) in [5.74, 6) is -1.48. The van der Waals surface area contributed by atoms with Crippen molar-refractivity contribution in [2.45, 2.75) is 19.4 Å². The van der Waals surface area contributed by atoms with E-state index in [9.17, 15) is 14.7 Å². The predicted molar refractivity (Wildman–Crippen MR) is 92.3 cm³/mol. The maximum Gasteiger partial charge on any atom is 0.336 e. The molecule has 0 aliphatic heterocycles. The van der Waals surface area contributed by atoms with Crippen LogP contribution in [0.2, 0.25) is 0 Å². The normalized spacial score (nSPS) is 12.0. The molecule has 5 nitrogen and oxygen atoms in total. The molecule has 1 atom stereocenters. The number of carboxylic acid groups (broad SMARTS) is 1. The first-order valence-corrected chi connectivity index (χ1v) is 7.74. The van der Waals surface area contributed by atoms with Gasteiger partial charge in [-0.2, -0.15) is 0 Å². The number of H-pyrrole nitrogens is 1. The van der Waals surface area contributed by atoms with Crippen molar-refractivity contribution in [3.63, 3.8) is 0 Å². The molecule has 1 amide bonds. The van der Waals surface area contributed by atoms with Gasteiger partial charge in [-0.3, -0.25) is 4.79 Å². The van der Waals surface area contributed by atoms with Gasteiger partial charge in [-0.1, -0.05) is 30.3 Å². The number of amides is 1. The van der Waals surface area contributed by atoms with Gasteiger partial charge in [0.2, 0.25) is 0 Å². The minimum Gasteiger partial charge on any atom is -0.478 e. The first kappa shape index (κ1) is 15.8. The fourth-order valence-electron chi connectivity index (χ4n) is 2.85. The number of hydrogen-bond acceptors (Lipinski definition) is 2. The topological polar surface area (TPSA) is 82.2 Å². The summed E-state index contributed by atoms with van der Waals surface area (Å²) in [6.45, 7) is 1.91. The van der Waals surface area contributed by atoms with Crippen LogP contribution in [0, 0.1) is 0 Å². The summed E-state index contributed by atoms with van der Waals surface area (Å²) in [6.07, 6.45) is 2.60. The van der Waals surface area contributed by atoms with Crippen LogP contribution in [-0.4, -0.2) is 28.0 Å². The zero-order chi connectivity index (χ0) is 17.1. The Bertz CT molecular complexity index is 898. The molecular weight excluding hydrogens is 304 g/mol. The first-order valence-electron chi connectivity index (χ1n) is 7.74. The van der Waals surface area contributed by atoms with Crippen molar-refractivity contribution in [1.29, 1.82) is 0 Å². The molecule has 0 radical (unpaired) electrons. The van der Waals surface area contributed by atoms with Crippen LogP contribution >= 0.6 is 0 Å². The van der Waals surface area contributed by atoms with E-state index in [0.29, 0.717) is 6.42 Å². The van der Waals surface area contributed by atoms with Gasteiger partial charge >= 0.3 is 5.97 Å². The van der Waals surface area contributed by atoms with E-state index in [1.165, 1.54) is 12.1 Å². The molecule has 3 rings (SSSR count). The Kier molecular flexibility index (Phi) is 4.33. The van der Waals surface area contributed by atoms with Gasteiger partial charge in [0.1, 0.15) is 0 Å². The number of benzene rings is 2. The Labute approximate surface area is 139 Å². The first-order chi connectivity index (χ1) is 11.6. The molecule has 3 N–H and O–H groups in total. The zero-order valence-electron chi connectivity index (χ0n) is 13.2. The Hall–Kier alpha value is -3.08. The van der Waals surface area contributed by atoms with Crippen molar-refractivity contribution in [2.75, 3.05) is 0 Å². The van der Waals surface area contributed by atoms with E-state index in [0.717, 1.165) is 16.5 Å². The SMILES string of the molecule is CC(Cc1c[nH]c2ccccc12)NC(=O)c1ccccc1C(=O)O. The summed E-state index contributed by atoms with van der Waals surface area (Å²) < 4.78 is 0. The molecule has 0 aliphatic carbocycles. The van der Waals surface area contributed by atoms with E-state index >= 15 is 0 Å². The predicted octanol–water partition coefficient (Wildman–Crippen LogP) is 3.23. The second-order valence-electron chi connectivity index (χ2n) is 5.79. The Morgan fingerprint density at radius 1 is 1.08 bits per heavy atom. The summed E-state index contributed by atoms with van der Waals surface area (Å²) in [5, 5.41) is 13.2. The molecule has 1 aromatic heterocycles. The molecule has 0 bridgehead atoms. The van der Waals surface area contributed by atoms with Gasteiger partial charge in [0, 0.05) is 23.1 Å². The summed E-state index contributed by atoms with van der Waals surface area (Å²) in [5.41, 5.74) is 2.36. The number of fused-ring (bicyclic) bond motifs is 1. The molecule has 0 spiro atoms. The van der Waals surface area contributed by atoms with Crippen LogP contribution in [0.5, 0.6) is 0 Å². The van der Waals surface area contributed by atoms with Gasteiger partial charge in [-0.15, -0.1) is 0 Å². The van der Waals surface area contributed by atoms with E-state index < -0.39 is 5.97 Å². The molecule has 1 heterocycles. The number of carbonyl (C=O) groups excluding carboxylic acids is 1. The van der Waals surface area contributed by atoms with E-state index in [-0.39, 0.29) is 23.1 Å². The van der Waals surface area contributed by atoms with E-state index in [2.05, 4.69) is 10.3 Å². The number of hydrogen-bond donors (Lipinski definition) is 3. The van der Waals surface area contributed by atoms with Gasteiger partial charge in [0.25, 0.3) is 5.91 Å². The average Bonchev–Trinajstić information content (AvgIpc) is 2.98. The summed E-state index contributed by atoms with van der Waals surface area (Å²) in [4.78, 5) is 26.8. The smallest absolute Gasteiger partial charge is 0.336 e. The van der Waals surface area contributed by atoms with Crippen LogP contribution < -0.4 is 5.32 Å². The molecule has 0 fully saturated rings. The molecule has 0 saturated carbocycles. The van der Waals surface area contributed by atoms with E-state index in [1.54, 1.807) is 12.1 Å². The van der Waals surface area contributed by atoms with Gasteiger partial charge in [0.15, 0.2) is 0 Å². The number of rotatable bonds is 5. The third kappa shape index (κ3) is 3.15. The molecule has 0 saturated heterocycles. The molecule has 24 heavy (non-hydrogen) atoms. The number of carbonyl (C=O) groups is 2. The maximum atomic E-state index is 12.4. The Balaban J connectivity index is 1.74. The molecule has 5 heteroatoms. The number of para-hydroxylation sites is 1. The highest BCUT2D eigenvalue weighted by molar-refractivity contribution is 6.04. The lowest BCUT2D eigenvalue weighted by Crippen LogP contribution is -2.34. The lowest BCUT2D eigenvalue weighted by Gasteiger charge is -2.14. The number of aromatic carboxylic acids is 1. The molecule has 2 aromatic carbocycles. The van der Waals surface area contributed by atoms with E-state index in [4.69, 9.17) is 0 Å². The van der Waals surface area contributed by atoms with Crippen LogP contribution in [0.3, 0.4) is 0 Å². The van der Waals surface area contributed by atoms with Crippen molar-refractivity contribution in [2.24, 2.45) is 0 Å². The highest BCUT2D eigenvalue weighted by atomic mass is 16.4. The monoisotopic (exact) mass is 322 g/mol. The largest absolute Gasteiger partial charge is 0.478 e. The third-order valence-corrected chi connectivity index (χ3v) is 3.98. The van der Waals surface area contributed by atoms with Crippen molar-refractivity contribution >= 4 is 22.8 Å². The van der Waals surface area contributed by atoms with Crippen molar-refractivity contribution in [1.82, 2.24) is 10.3 Å². The van der Waals surface area contributed by atoms with Crippen LogP contribution in [-0.2, 0) is 6.42 Å². The fraction of sp³-hybridized carbons (Fsp3) is 0.158. The zero-order valence-corrected chi connectivity index (χ0v) is 13.2. The highest BCUT2D eigenvalue weighted by Crippen LogP contribution is 2.19. The summed E-state index contributed by atoms with van der Waals surface area (Å²) in [6, 6.07) is 14.1. The minimum absolute atomic E-state index is 0.00861. The second-order valence-corrected chi connectivity index (χ2v) is 5.79. The van der Waals surface area contributed by atoms with Gasteiger partial charge in [-0.05, 0) is 37.1 Å². The van der Waals surface area contributed by atoms with Gasteiger partial charge in [-0.25, -0.2) is 4.79 Å². The van der Waals surface area contributed by atoms with Crippen molar-refractivity contribution in [3.05, 3.63) is 71.4 Å². The third-order valence-electron chi connectivity index (χ3n) is 3.98. The summed E-state index contributed by atoms with van der Waals surface area (Å²) >= 11 is 0. The van der Waals surface area contributed by atoms with Crippen molar-refractivity contribution in [3.8, 4) is 0 Å². The summed E-state index contributed by atoms with van der Waals surface area (Å²) in [7, 11) is 0. The highest BCUT2D eigenvalue weighted by Gasteiger charge is 2.18. The number of nitrogens with one attached hydrogen (secondary N) is 2. The molecule has 0 aliphatic rings. The molecule has 3 aromatic rings. The molecule has 122 valence electrons. The number of aromatic nitrogens is 1. The second kappa shape index (κ2) is 6.58. The Morgan fingerprint density at radius 3 is 2.50 bits per heavy atom. The Morgan fingerprint density at radius 2 is 1.75 bits per heavy atom. The minimum atomic E-state index is -1.11. The van der Waals surface area contributed by atoms with E-state index in [1.807, 2.05) is 37.4 Å².